The molecule has 5 atom stereocenters. The Morgan fingerprint density at radius 3 is 2.42 bits per heavy atom. The normalized spacial score (nSPS) is 28.1. The summed E-state index contributed by atoms with van der Waals surface area (Å²) in [4.78, 5) is 0. The number of methoxy groups -OCH3 is 1. The second kappa shape index (κ2) is 13.2. The molecule has 0 spiro atoms. The molecule has 0 aromatic carbocycles. The van der Waals surface area contributed by atoms with Crippen LogP contribution in [0.25, 0.3) is 0 Å². The van der Waals surface area contributed by atoms with Crippen molar-refractivity contribution in [3.8, 4) is 0 Å². The van der Waals surface area contributed by atoms with Gasteiger partial charge in [0.15, 0.2) is 12.8 Å². The lowest BCUT2D eigenvalue weighted by atomic mass is 9.91. The topological polar surface area (TPSA) is 80.0 Å². The Bertz CT molecular complexity index is 345. The molecule has 24 heavy (non-hydrogen) atoms. The van der Waals surface area contributed by atoms with E-state index in [4.69, 9.17) is 24.3 Å². The molecule has 0 bridgehead atoms. The summed E-state index contributed by atoms with van der Waals surface area (Å²) in [6, 6.07) is 0. The van der Waals surface area contributed by atoms with Gasteiger partial charge in [0.25, 0.3) is 0 Å². The Balaban J connectivity index is 2.44. The van der Waals surface area contributed by atoms with Crippen LogP contribution in [0.15, 0.2) is 0 Å². The molecule has 1 heterocycles. The van der Waals surface area contributed by atoms with Gasteiger partial charge in [-0.15, -0.1) is 9.05 Å². The minimum absolute atomic E-state index is 0.109. The molecule has 2 N–H and O–H groups in total. The zero-order valence-corrected chi connectivity index (χ0v) is 16.3. The molecule has 7 heteroatoms. The van der Waals surface area contributed by atoms with Gasteiger partial charge < -0.3 is 15.2 Å². The highest BCUT2D eigenvalue weighted by Crippen LogP contribution is 2.35. The fraction of sp³-hybridized carbons (Fsp3) is 1.00. The molecule has 0 amide bonds. The third kappa shape index (κ3) is 7.85. The number of ether oxygens (including phenoxy) is 2. The van der Waals surface area contributed by atoms with Gasteiger partial charge in [-0.1, -0.05) is 58.8 Å². The Morgan fingerprint density at radius 1 is 1.12 bits per heavy atom. The maximum Gasteiger partial charge on any atom is 0.699 e. The summed E-state index contributed by atoms with van der Waals surface area (Å²) in [6.45, 7) is 4.78. The van der Waals surface area contributed by atoms with E-state index in [1.54, 1.807) is 7.11 Å². The molecule has 1 fully saturated rings. The molecule has 1 aliphatic rings. The molecule has 1 saturated heterocycles. The van der Waals surface area contributed by atoms with Crippen molar-refractivity contribution in [1.29, 1.82) is 0 Å². The van der Waals surface area contributed by atoms with Gasteiger partial charge in [-0.3, -0.25) is 0 Å². The molecule has 1 unspecified atom stereocenters. The fourth-order valence-electron chi connectivity index (χ4n) is 3.24. The van der Waals surface area contributed by atoms with Crippen molar-refractivity contribution < 1.29 is 23.1 Å². The summed E-state index contributed by atoms with van der Waals surface area (Å²) in [5.74, 6) is 0.187. The average molecular weight is 364 g/mol. The van der Waals surface area contributed by atoms with Crippen molar-refractivity contribution >= 4 is 8.25 Å². The highest BCUT2D eigenvalue weighted by Gasteiger charge is 2.45. The minimum Gasteiger partial charge on any atom is -0.378 e. The Morgan fingerprint density at radius 2 is 1.79 bits per heavy atom. The van der Waals surface area contributed by atoms with Crippen molar-refractivity contribution in [3.63, 3.8) is 0 Å². The second-order valence-electron chi connectivity index (χ2n) is 6.55. The van der Waals surface area contributed by atoms with Gasteiger partial charge >= 0.3 is 8.25 Å². The standard InChI is InChI=1S/C17H35NO5P/c1-4-5-6-7-8-9-10-11-15-17(23-24(19)22-13-18)16(20-3)14(2)12-21-15/h14-17H,4-13,18H2,1-3H3/q+1/t14-,15-,16-,17+/m0/s1. The summed E-state index contributed by atoms with van der Waals surface area (Å²) in [6.07, 6.45) is 8.99. The van der Waals surface area contributed by atoms with E-state index < -0.39 is 8.25 Å². The lowest BCUT2D eigenvalue weighted by Gasteiger charge is -2.37. The molecule has 0 radical (unpaired) electrons. The monoisotopic (exact) mass is 364 g/mol. The number of rotatable bonds is 13. The van der Waals surface area contributed by atoms with Crippen LogP contribution in [0.3, 0.4) is 0 Å². The Labute approximate surface area is 147 Å². The molecule has 0 aromatic rings. The largest absolute Gasteiger partial charge is 0.699 e. The van der Waals surface area contributed by atoms with E-state index >= 15 is 0 Å². The highest BCUT2D eigenvalue weighted by molar-refractivity contribution is 7.33. The lowest BCUT2D eigenvalue weighted by molar-refractivity contribution is -0.163. The molecule has 0 aromatic heterocycles. The van der Waals surface area contributed by atoms with Crippen LogP contribution < -0.4 is 5.73 Å². The molecule has 1 aliphatic heterocycles. The number of unbranched alkanes of at least 4 members (excludes halogenated alkanes) is 6. The predicted octanol–water partition coefficient (Wildman–Crippen LogP) is 4.15. The van der Waals surface area contributed by atoms with Crippen LogP contribution in [-0.2, 0) is 23.1 Å². The predicted molar refractivity (Wildman–Crippen MR) is 94.9 cm³/mol. The summed E-state index contributed by atoms with van der Waals surface area (Å²) in [7, 11) is -0.588. The van der Waals surface area contributed by atoms with Crippen LogP contribution in [-0.4, -0.2) is 38.8 Å². The van der Waals surface area contributed by atoms with Gasteiger partial charge in [0.1, 0.15) is 0 Å². The van der Waals surface area contributed by atoms with E-state index in [1.807, 2.05) is 6.92 Å². The van der Waals surface area contributed by atoms with Gasteiger partial charge in [-0.2, -0.15) is 0 Å². The van der Waals surface area contributed by atoms with E-state index in [2.05, 4.69) is 6.92 Å². The number of hydrogen-bond acceptors (Lipinski definition) is 6. The van der Waals surface area contributed by atoms with Gasteiger partial charge in [-0.05, 0) is 6.42 Å². The first-order valence-corrected chi connectivity index (χ1v) is 10.3. The van der Waals surface area contributed by atoms with Gasteiger partial charge in [-0.25, -0.2) is 0 Å². The van der Waals surface area contributed by atoms with Crippen LogP contribution in [0.1, 0.15) is 65.2 Å². The zero-order valence-electron chi connectivity index (χ0n) is 15.4. The summed E-state index contributed by atoms with van der Waals surface area (Å²) < 4.78 is 33.8. The minimum atomic E-state index is -2.25. The Hall–Kier alpha value is -0.100. The van der Waals surface area contributed by atoms with E-state index in [9.17, 15) is 4.57 Å². The molecular weight excluding hydrogens is 329 g/mol. The average Bonchev–Trinajstić information content (AvgIpc) is 2.56. The first-order chi connectivity index (χ1) is 11.6. The van der Waals surface area contributed by atoms with E-state index in [0.717, 1.165) is 12.8 Å². The summed E-state index contributed by atoms with van der Waals surface area (Å²) in [5, 5.41) is 0. The molecule has 142 valence electrons. The van der Waals surface area contributed by atoms with E-state index in [0.29, 0.717) is 6.61 Å². The second-order valence-corrected chi connectivity index (χ2v) is 7.47. The van der Waals surface area contributed by atoms with Crippen molar-refractivity contribution in [2.45, 2.75) is 83.5 Å². The van der Waals surface area contributed by atoms with Crippen molar-refractivity contribution in [2.75, 3.05) is 20.4 Å². The summed E-state index contributed by atoms with van der Waals surface area (Å²) >= 11 is 0. The van der Waals surface area contributed by atoms with Crippen LogP contribution in [0, 0.1) is 5.92 Å². The fourth-order valence-corrected chi connectivity index (χ4v) is 3.87. The molecule has 0 saturated carbocycles. The van der Waals surface area contributed by atoms with Gasteiger partial charge in [0, 0.05) is 17.6 Å². The summed E-state index contributed by atoms with van der Waals surface area (Å²) in [5.41, 5.74) is 5.26. The highest BCUT2D eigenvalue weighted by atomic mass is 31.1. The quantitative estimate of drug-likeness (QED) is 0.300. The lowest BCUT2D eigenvalue weighted by Crippen LogP contribution is -2.50. The van der Waals surface area contributed by atoms with Crippen LogP contribution in [0.5, 0.6) is 0 Å². The molecule has 1 rings (SSSR count). The third-order valence-electron chi connectivity index (χ3n) is 4.58. The van der Waals surface area contributed by atoms with Crippen molar-refractivity contribution in [3.05, 3.63) is 0 Å². The Kier molecular flexibility index (Phi) is 12.0. The van der Waals surface area contributed by atoms with E-state index in [1.165, 1.54) is 38.5 Å². The maximum atomic E-state index is 11.8. The first-order valence-electron chi connectivity index (χ1n) is 9.25. The number of hydrogen-bond donors (Lipinski definition) is 1. The van der Waals surface area contributed by atoms with Crippen LogP contribution in [0.4, 0.5) is 0 Å². The zero-order chi connectivity index (χ0) is 17.8. The first kappa shape index (κ1) is 21.9. The smallest absolute Gasteiger partial charge is 0.378 e. The number of nitrogens with two attached hydrogens (primary N) is 1. The third-order valence-corrected chi connectivity index (χ3v) is 5.35. The van der Waals surface area contributed by atoms with Crippen LogP contribution in [0.2, 0.25) is 0 Å². The van der Waals surface area contributed by atoms with Gasteiger partial charge in [0.2, 0.25) is 0 Å². The maximum absolute atomic E-state index is 11.8. The van der Waals surface area contributed by atoms with E-state index in [-0.39, 0.29) is 31.0 Å². The molecule has 0 aliphatic carbocycles. The van der Waals surface area contributed by atoms with Gasteiger partial charge in [0.05, 0.1) is 18.8 Å². The van der Waals surface area contributed by atoms with Crippen LogP contribution >= 0.6 is 8.25 Å². The SMILES string of the molecule is CCCCCCCCC[C@@H]1OC[C@H](C)[C@H](OC)[C@@H]1O[P+](=O)OCN. The van der Waals surface area contributed by atoms with Crippen molar-refractivity contribution in [2.24, 2.45) is 11.7 Å². The molecular formula is C17H35NO5P+. The molecule has 6 nitrogen and oxygen atoms in total. The van der Waals surface area contributed by atoms with Crippen molar-refractivity contribution in [1.82, 2.24) is 0 Å².